The van der Waals surface area contributed by atoms with E-state index < -0.39 is 0 Å². The summed E-state index contributed by atoms with van der Waals surface area (Å²) in [7, 11) is 1.63. The maximum absolute atomic E-state index is 6.29. The molecule has 0 spiro atoms. The molecule has 0 fully saturated rings. The predicted molar refractivity (Wildman–Crippen MR) is 84.1 cm³/mol. The molecular formula is C16H15Cl2NO. The van der Waals surface area contributed by atoms with Crippen molar-refractivity contribution in [3.8, 4) is 0 Å². The summed E-state index contributed by atoms with van der Waals surface area (Å²) in [5.41, 5.74) is 3.03. The van der Waals surface area contributed by atoms with E-state index >= 15 is 0 Å². The Bertz CT molecular complexity index is 611. The van der Waals surface area contributed by atoms with Crippen molar-refractivity contribution in [2.45, 2.75) is 12.8 Å². The summed E-state index contributed by atoms with van der Waals surface area (Å²) in [6.07, 6.45) is 5.28. The Morgan fingerprint density at radius 3 is 2.70 bits per heavy atom. The molecule has 0 saturated carbocycles. The quantitative estimate of drug-likeness (QED) is 0.726. The minimum absolute atomic E-state index is 0.0731. The molecular weight excluding hydrogens is 293 g/mol. The lowest BCUT2D eigenvalue weighted by Gasteiger charge is -2.18. The minimum Gasteiger partial charge on any atom is -0.504 e. The molecule has 2 aromatic rings. The van der Waals surface area contributed by atoms with Crippen molar-refractivity contribution < 1.29 is 4.74 Å². The van der Waals surface area contributed by atoms with Crippen LogP contribution in [0.2, 0.25) is 10.0 Å². The normalized spacial score (nSPS) is 13.1. The van der Waals surface area contributed by atoms with Gasteiger partial charge in [0.05, 0.1) is 13.4 Å². The highest BCUT2D eigenvalue weighted by Crippen LogP contribution is 2.36. The summed E-state index contributed by atoms with van der Waals surface area (Å²) in [5.74, 6) is 0.0731. The van der Waals surface area contributed by atoms with Crippen molar-refractivity contribution in [1.29, 1.82) is 0 Å². The molecule has 0 bridgehead atoms. The van der Waals surface area contributed by atoms with E-state index in [1.54, 1.807) is 25.6 Å². The molecule has 20 heavy (non-hydrogen) atoms. The fourth-order valence-electron chi connectivity index (χ4n) is 2.10. The molecule has 1 heterocycles. The van der Waals surface area contributed by atoms with E-state index in [4.69, 9.17) is 27.9 Å². The van der Waals surface area contributed by atoms with Crippen molar-refractivity contribution >= 4 is 28.8 Å². The average Bonchev–Trinajstić information content (AvgIpc) is 2.45. The van der Waals surface area contributed by atoms with Gasteiger partial charge >= 0.3 is 0 Å². The van der Waals surface area contributed by atoms with Crippen molar-refractivity contribution in [2.24, 2.45) is 0 Å². The summed E-state index contributed by atoms with van der Waals surface area (Å²) < 4.78 is 5.21. The highest BCUT2D eigenvalue weighted by atomic mass is 35.5. The van der Waals surface area contributed by atoms with Gasteiger partial charge < -0.3 is 4.74 Å². The molecule has 0 N–H and O–H groups in total. The van der Waals surface area contributed by atoms with Crippen LogP contribution in [0.5, 0.6) is 0 Å². The zero-order chi connectivity index (χ0) is 14.5. The number of nitrogens with zero attached hydrogens (tertiary/aromatic N) is 1. The SMILES string of the molecule is CO/C=C(/c1cccnc1)C(C)c1ccc(Cl)cc1Cl. The second-order valence-electron chi connectivity index (χ2n) is 4.44. The fraction of sp³-hybridized carbons (Fsp3) is 0.188. The van der Waals surface area contributed by atoms with Crippen LogP contribution >= 0.6 is 23.2 Å². The third kappa shape index (κ3) is 3.33. The van der Waals surface area contributed by atoms with Crippen LogP contribution in [-0.2, 0) is 4.74 Å². The molecule has 1 unspecified atom stereocenters. The molecule has 1 atom stereocenters. The lowest BCUT2D eigenvalue weighted by atomic mass is 9.89. The van der Waals surface area contributed by atoms with E-state index in [9.17, 15) is 0 Å². The summed E-state index contributed by atoms with van der Waals surface area (Å²) >= 11 is 12.2. The van der Waals surface area contributed by atoms with E-state index in [-0.39, 0.29) is 5.92 Å². The van der Waals surface area contributed by atoms with Crippen LogP contribution in [0.4, 0.5) is 0 Å². The van der Waals surface area contributed by atoms with Crippen LogP contribution in [0.15, 0.2) is 49.0 Å². The molecule has 0 aliphatic rings. The van der Waals surface area contributed by atoms with E-state index in [0.717, 1.165) is 16.7 Å². The smallest absolute Gasteiger partial charge is 0.0869 e. The van der Waals surface area contributed by atoms with Crippen LogP contribution in [0.1, 0.15) is 24.0 Å². The second-order valence-corrected chi connectivity index (χ2v) is 5.28. The highest BCUT2D eigenvalue weighted by Gasteiger charge is 2.17. The average molecular weight is 308 g/mol. The van der Waals surface area contributed by atoms with Crippen molar-refractivity contribution in [3.05, 3.63) is 70.2 Å². The van der Waals surface area contributed by atoms with Gasteiger partial charge in [-0.25, -0.2) is 0 Å². The van der Waals surface area contributed by atoms with Gasteiger partial charge in [0, 0.05) is 33.9 Å². The molecule has 1 aromatic carbocycles. The van der Waals surface area contributed by atoms with Crippen LogP contribution in [0.25, 0.3) is 5.57 Å². The number of hydrogen-bond acceptors (Lipinski definition) is 2. The van der Waals surface area contributed by atoms with Crippen LogP contribution < -0.4 is 0 Å². The van der Waals surface area contributed by atoms with Crippen molar-refractivity contribution in [2.75, 3.05) is 7.11 Å². The summed E-state index contributed by atoms with van der Waals surface area (Å²) in [6, 6.07) is 9.43. The Kier molecular flexibility index (Phi) is 5.05. The van der Waals surface area contributed by atoms with Crippen molar-refractivity contribution in [3.63, 3.8) is 0 Å². The molecule has 1 aromatic heterocycles. The lowest BCUT2D eigenvalue weighted by Crippen LogP contribution is -2.00. The van der Waals surface area contributed by atoms with Crippen molar-refractivity contribution in [1.82, 2.24) is 4.98 Å². The Morgan fingerprint density at radius 2 is 2.10 bits per heavy atom. The first-order chi connectivity index (χ1) is 9.63. The maximum atomic E-state index is 6.29. The molecule has 0 aliphatic heterocycles. The first kappa shape index (κ1) is 14.9. The first-order valence-electron chi connectivity index (χ1n) is 6.21. The largest absolute Gasteiger partial charge is 0.504 e. The number of methoxy groups -OCH3 is 1. The summed E-state index contributed by atoms with van der Waals surface area (Å²) in [6.45, 7) is 2.08. The summed E-state index contributed by atoms with van der Waals surface area (Å²) in [4.78, 5) is 4.15. The first-order valence-corrected chi connectivity index (χ1v) is 6.97. The van der Waals surface area contributed by atoms with Gasteiger partial charge in [0.25, 0.3) is 0 Å². The van der Waals surface area contributed by atoms with Gasteiger partial charge in [0.2, 0.25) is 0 Å². The van der Waals surface area contributed by atoms with Gasteiger partial charge in [0.15, 0.2) is 0 Å². The fourth-order valence-corrected chi connectivity index (χ4v) is 2.67. The van der Waals surface area contributed by atoms with E-state index in [2.05, 4.69) is 11.9 Å². The third-order valence-electron chi connectivity index (χ3n) is 3.14. The maximum Gasteiger partial charge on any atom is 0.0869 e. The minimum atomic E-state index is 0.0731. The third-order valence-corrected chi connectivity index (χ3v) is 3.70. The van der Waals surface area contributed by atoms with Crippen LogP contribution in [0, 0.1) is 0 Å². The zero-order valence-corrected chi connectivity index (χ0v) is 12.8. The van der Waals surface area contributed by atoms with Gasteiger partial charge in [-0.05, 0) is 29.3 Å². The number of rotatable bonds is 4. The van der Waals surface area contributed by atoms with Gasteiger partial charge in [-0.1, -0.05) is 42.3 Å². The Morgan fingerprint density at radius 1 is 1.30 bits per heavy atom. The van der Waals surface area contributed by atoms with Crippen LogP contribution in [0.3, 0.4) is 0 Å². The van der Waals surface area contributed by atoms with Gasteiger partial charge in [0.1, 0.15) is 0 Å². The molecule has 2 rings (SSSR count). The standard InChI is InChI=1S/C16H15Cl2NO/c1-11(14-6-5-13(17)8-16(14)18)15(10-20-2)12-4-3-7-19-9-12/h3-11H,1-2H3/b15-10+. The lowest BCUT2D eigenvalue weighted by molar-refractivity contribution is 0.338. The number of benzene rings is 1. The highest BCUT2D eigenvalue weighted by molar-refractivity contribution is 6.35. The zero-order valence-electron chi connectivity index (χ0n) is 11.3. The monoisotopic (exact) mass is 307 g/mol. The second kappa shape index (κ2) is 6.78. The van der Waals surface area contributed by atoms with E-state index in [1.807, 2.05) is 30.5 Å². The molecule has 0 radical (unpaired) electrons. The summed E-state index contributed by atoms with van der Waals surface area (Å²) in [5, 5.41) is 1.28. The number of allylic oxidation sites excluding steroid dienone is 1. The molecule has 4 heteroatoms. The Balaban J connectivity index is 2.42. The van der Waals surface area contributed by atoms with Gasteiger partial charge in [-0.2, -0.15) is 0 Å². The van der Waals surface area contributed by atoms with E-state index in [0.29, 0.717) is 10.0 Å². The molecule has 0 saturated heterocycles. The Labute approximate surface area is 129 Å². The number of hydrogen-bond donors (Lipinski definition) is 0. The van der Waals surface area contributed by atoms with E-state index in [1.165, 1.54) is 0 Å². The molecule has 104 valence electrons. The number of pyridine rings is 1. The van der Waals surface area contributed by atoms with Gasteiger partial charge in [-0.3, -0.25) is 4.98 Å². The van der Waals surface area contributed by atoms with Gasteiger partial charge in [-0.15, -0.1) is 0 Å². The predicted octanol–water partition coefficient (Wildman–Crippen LogP) is 5.18. The molecule has 2 nitrogen and oxygen atoms in total. The molecule has 0 aliphatic carbocycles. The van der Waals surface area contributed by atoms with Crippen LogP contribution in [-0.4, -0.2) is 12.1 Å². The Hall–Kier alpha value is -1.51. The molecule has 0 amide bonds. The number of ether oxygens (including phenoxy) is 1. The topological polar surface area (TPSA) is 22.1 Å². The number of aromatic nitrogens is 1. The number of halogens is 2.